The van der Waals surface area contributed by atoms with Gasteiger partial charge in [-0.05, 0) is 11.6 Å². The number of rotatable bonds is 6. The summed E-state index contributed by atoms with van der Waals surface area (Å²) in [6.45, 7) is 3.82. The zero-order chi connectivity index (χ0) is 19.3. The van der Waals surface area contributed by atoms with Gasteiger partial charge in [-0.15, -0.1) is 0 Å². The van der Waals surface area contributed by atoms with Gasteiger partial charge >= 0.3 is 5.97 Å². The molecule has 0 aliphatic carbocycles. The highest BCUT2D eigenvalue weighted by Gasteiger charge is 2.24. The molecule has 26 heavy (non-hydrogen) atoms. The number of carbonyl (C=O) groups excluding carboxylic acids is 2. The van der Waals surface area contributed by atoms with Crippen LogP contribution in [0.5, 0.6) is 0 Å². The molecule has 0 bridgehead atoms. The summed E-state index contributed by atoms with van der Waals surface area (Å²) in [5.41, 5.74) is 0.648. The Bertz CT molecular complexity index is 812. The standard InChI is InChI=1S/C18H19Cl2N3O3/c1-10(2)17-21-9-13(20)16(23-17)18(25)22-14(8-15(24)26-3)11-6-4-5-7-12(11)19/h4-7,9-10,14H,8H2,1-3H3,(H,22,25). The molecular weight excluding hydrogens is 377 g/mol. The molecule has 2 rings (SSSR count). The Morgan fingerprint density at radius 2 is 1.88 bits per heavy atom. The predicted molar refractivity (Wildman–Crippen MR) is 99.4 cm³/mol. The molecule has 0 saturated carbocycles. The zero-order valence-corrected chi connectivity index (χ0v) is 16.1. The average Bonchev–Trinajstić information content (AvgIpc) is 2.61. The van der Waals surface area contributed by atoms with E-state index in [-0.39, 0.29) is 23.1 Å². The van der Waals surface area contributed by atoms with Gasteiger partial charge in [-0.25, -0.2) is 9.97 Å². The Kier molecular flexibility index (Phi) is 6.94. The number of halogens is 2. The van der Waals surface area contributed by atoms with E-state index in [1.165, 1.54) is 13.3 Å². The topological polar surface area (TPSA) is 81.2 Å². The van der Waals surface area contributed by atoms with Crippen molar-refractivity contribution in [3.63, 3.8) is 0 Å². The molecule has 8 heteroatoms. The predicted octanol–water partition coefficient (Wildman–Crippen LogP) is 3.94. The number of ether oxygens (including phenoxy) is 1. The van der Waals surface area contributed by atoms with Crippen LogP contribution >= 0.6 is 23.2 Å². The number of benzene rings is 1. The minimum absolute atomic E-state index is 0.0354. The van der Waals surface area contributed by atoms with Gasteiger partial charge in [0.15, 0.2) is 0 Å². The molecule has 1 aromatic carbocycles. The number of hydrogen-bond acceptors (Lipinski definition) is 5. The van der Waals surface area contributed by atoms with Crippen LogP contribution in [0, 0.1) is 0 Å². The molecule has 0 spiro atoms. The summed E-state index contributed by atoms with van der Waals surface area (Å²) in [5, 5.41) is 3.32. The molecular formula is C18H19Cl2N3O3. The second kappa shape index (κ2) is 8.96. The monoisotopic (exact) mass is 395 g/mol. The number of carbonyl (C=O) groups is 2. The first kappa shape index (κ1) is 20.1. The van der Waals surface area contributed by atoms with Crippen LogP contribution in [-0.2, 0) is 9.53 Å². The van der Waals surface area contributed by atoms with Crippen LogP contribution in [0.15, 0.2) is 30.5 Å². The van der Waals surface area contributed by atoms with Crippen molar-refractivity contribution in [2.45, 2.75) is 32.2 Å². The third kappa shape index (κ3) is 4.93. The molecule has 1 heterocycles. The fraction of sp³-hybridized carbons (Fsp3) is 0.333. The Labute approximate surface area is 161 Å². The van der Waals surface area contributed by atoms with Crippen LogP contribution in [0.1, 0.15) is 54.1 Å². The summed E-state index contributed by atoms with van der Waals surface area (Å²) >= 11 is 12.3. The summed E-state index contributed by atoms with van der Waals surface area (Å²) in [5.74, 6) is -0.463. The third-order valence-electron chi connectivity index (χ3n) is 3.68. The third-order valence-corrected chi connectivity index (χ3v) is 4.30. The highest BCUT2D eigenvalue weighted by atomic mass is 35.5. The molecule has 1 atom stereocenters. The number of aromatic nitrogens is 2. The van der Waals surface area contributed by atoms with Crippen LogP contribution in [0.25, 0.3) is 0 Å². The number of hydrogen-bond donors (Lipinski definition) is 1. The van der Waals surface area contributed by atoms with E-state index >= 15 is 0 Å². The van der Waals surface area contributed by atoms with Crippen LogP contribution in [0.2, 0.25) is 10.0 Å². The second-order valence-corrected chi connectivity index (χ2v) is 6.72. The molecule has 2 aromatic rings. The summed E-state index contributed by atoms with van der Waals surface area (Å²) in [6, 6.07) is 6.27. The average molecular weight is 396 g/mol. The first-order valence-electron chi connectivity index (χ1n) is 7.98. The molecule has 0 radical (unpaired) electrons. The maximum Gasteiger partial charge on any atom is 0.307 e. The second-order valence-electron chi connectivity index (χ2n) is 5.91. The number of nitrogens with zero attached hydrogens (tertiary/aromatic N) is 2. The van der Waals surface area contributed by atoms with Crippen molar-refractivity contribution in [1.29, 1.82) is 0 Å². The lowest BCUT2D eigenvalue weighted by atomic mass is 10.0. The Balaban J connectivity index is 2.33. The van der Waals surface area contributed by atoms with Crippen molar-refractivity contribution in [3.8, 4) is 0 Å². The molecule has 6 nitrogen and oxygen atoms in total. The van der Waals surface area contributed by atoms with E-state index in [1.807, 2.05) is 13.8 Å². The van der Waals surface area contributed by atoms with E-state index in [9.17, 15) is 9.59 Å². The van der Waals surface area contributed by atoms with Crippen molar-refractivity contribution in [2.24, 2.45) is 0 Å². The van der Waals surface area contributed by atoms with Crippen molar-refractivity contribution < 1.29 is 14.3 Å². The Hall–Kier alpha value is -2.18. The highest BCUT2D eigenvalue weighted by molar-refractivity contribution is 6.33. The maximum absolute atomic E-state index is 12.7. The fourth-order valence-electron chi connectivity index (χ4n) is 2.29. The van der Waals surface area contributed by atoms with Gasteiger partial charge in [0, 0.05) is 10.9 Å². The SMILES string of the molecule is COC(=O)CC(NC(=O)c1nc(C(C)C)ncc1Cl)c1ccccc1Cl. The zero-order valence-electron chi connectivity index (χ0n) is 14.6. The van der Waals surface area contributed by atoms with Crippen molar-refractivity contribution in [3.05, 3.63) is 57.6 Å². The van der Waals surface area contributed by atoms with E-state index in [2.05, 4.69) is 15.3 Å². The summed E-state index contributed by atoms with van der Waals surface area (Å²) in [7, 11) is 1.28. The highest BCUT2D eigenvalue weighted by Crippen LogP contribution is 2.26. The lowest BCUT2D eigenvalue weighted by Crippen LogP contribution is -2.31. The lowest BCUT2D eigenvalue weighted by Gasteiger charge is -2.19. The summed E-state index contributed by atoms with van der Waals surface area (Å²) in [6.07, 6.45) is 1.31. The van der Waals surface area contributed by atoms with Crippen molar-refractivity contribution in [1.82, 2.24) is 15.3 Å². The molecule has 0 aliphatic heterocycles. The molecule has 0 aliphatic rings. The van der Waals surface area contributed by atoms with Gasteiger partial charge < -0.3 is 10.1 Å². The first-order chi connectivity index (χ1) is 12.3. The molecule has 1 amide bonds. The smallest absolute Gasteiger partial charge is 0.307 e. The van der Waals surface area contributed by atoms with Crippen LogP contribution in [-0.4, -0.2) is 29.0 Å². The Morgan fingerprint density at radius 3 is 2.50 bits per heavy atom. The molecule has 1 unspecified atom stereocenters. The van der Waals surface area contributed by atoms with Crippen molar-refractivity contribution >= 4 is 35.1 Å². The largest absolute Gasteiger partial charge is 0.469 e. The molecule has 0 fully saturated rings. The van der Waals surface area contributed by atoms with E-state index < -0.39 is 17.9 Å². The van der Waals surface area contributed by atoms with E-state index in [0.29, 0.717) is 16.4 Å². The summed E-state index contributed by atoms with van der Waals surface area (Å²) in [4.78, 5) is 32.8. The molecule has 1 aromatic heterocycles. The van der Waals surface area contributed by atoms with E-state index in [0.717, 1.165) is 0 Å². The molecule has 1 N–H and O–H groups in total. The number of amides is 1. The van der Waals surface area contributed by atoms with Gasteiger partial charge in [0.05, 0.1) is 30.8 Å². The van der Waals surface area contributed by atoms with Crippen LogP contribution in [0.3, 0.4) is 0 Å². The van der Waals surface area contributed by atoms with Crippen LogP contribution < -0.4 is 5.32 Å². The lowest BCUT2D eigenvalue weighted by molar-refractivity contribution is -0.141. The number of esters is 1. The van der Waals surface area contributed by atoms with Gasteiger partial charge in [-0.3, -0.25) is 9.59 Å². The minimum atomic E-state index is -0.683. The quantitative estimate of drug-likeness (QED) is 0.748. The van der Waals surface area contributed by atoms with Gasteiger partial charge in [0.1, 0.15) is 11.5 Å². The summed E-state index contributed by atoms with van der Waals surface area (Å²) < 4.78 is 4.72. The molecule has 138 valence electrons. The number of methoxy groups -OCH3 is 1. The van der Waals surface area contributed by atoms with Crippen LogP contribution in [0.4, 0.5) is 0 Å². The first-order valence-corrected chi connectivity index (χ1v) is 8.73. The normalized spacial score (nSPS) is 11.9. The maximum atomic E-state index is 12.7. The van der Waals surface area contributed by atoms with Gasteiger partial charge in [0.2, 0.25) is 0 Å². The molecule has 0 saturated heterocycles. The van der Waals surface area contributed by atoms with E-state index in [1.54, 1.807) is 24.3 Å². The van der Waals surface area contributed by atoms with Crippen molar-refractivity contribution in [2.75, 3.05) is 7.11 Å². The minimum Gasteiger partial charge on any atom is -0.469 e. The van der Waals surface area contributed by atoms with Gasteiger partial charge in [-0.1, -0.05) is 55.2 Å². The van der Waals surface area contributed by atoms with Gasteiger partial charge in [0.25, 0.3) is 5.91 Å². The van der Waals surface area contributed by atoms with Gasteiger partial charge in [-0.2, -0.15) is 0 Å². The fourth-order valence-corrected chi connectivity index (χ4v) is 2.74. The van der Waals surface area contributed by atoms with E-state index in [4.69, 9.17) is 27.9 Å². The number of nitrogens with one attached hydrogen (secondary N) is 1. The Morgan fingerprint density at radius 1 is 1.19 bits per heavy atom.